The Labute approximate surface area is 185 Å². The highest BCUT2D eigenvalue weighted by Crippen LogP contribution is 2.25. The summed E-state index contributed by atoms with van der Waals surface area (Å²) in [6, 6.07) is 12.1. The number of aromatic nitrogens is 3. The minimum absolute atomic E-state index is 0.105. The maximum absolute atomic E-state index is 12.8. The van der Waals surface area contributed by atoms with Crippen molar-refractivity contribution in [2.24, 2.45) is 0 Å². The van der Waals surface area contributed by atoms with Crippen LogP contribution in [0.25, 0.3) is 21.8 Å². The van der Waals surface area contributed by atoms with Gasteiger partial charge in [0.1, 0.15) is 17.8 Å². The third-order valence-electron chi connectivity index (χ3n) is 6.32. The van der Waals surface area contributed by atoms with Gasteiger partial charge in [0.05, 0.1) is 19.0 Å². The van der Waals surface area contributed by atoms with Crippen molar-refractivity contribution in [2.45, 2.75) is 44.8 Å². The molecule has 1 aromatic carbocycles. The largest absolute Gasteiger partial charge is 0.468 e. The molecule has 3 aromatic heterocycles. The highest BCUT2D eigenvalue weighted by atomic mass is 16.3. The van der Waals surface area contributed by atoms with Gasteiger partial charge >= 0.3 is 0 Å². The summed E-state index contributed by atoms with van der Waals surface area (Å²) in [5.74, 6) is 0.713. The quantitative estimate of drug-likeness (QED) is 0.445. The number of carbonyl (C=O) groups excluding carboxylic acids is 1. The second-order valence-corrected chi connectivity index (χ2v) is 8.40. The van der Waals surface area contributed by atoms with E-state index in [0.717, 1.165) is 35.1 Å². The van der Waals surface area contributed by atoms with Crippen LogP contribution >= 0.6 is 0 Å². The minimum atomic E-state index is -0.292. The SMILES string of the molecule is O=C(Cn1ncc2c([nH]c3ccccc32)c1=O)NCCN(Cc1ccco1)C1CCCC1. The Morgan fingerprint density at radius 1 is 1.19 bits per heavy atom. The zero-order valence-electron chi connectivity index (χ0n) is 17.9. The zero-order chi connectivity index (χ0) is 21.9. The summed E-state index contributed by atoms with van der Waals surface area (Å²) in [6.45, 7) is 1.89. The van der Waals surface area contributed by atoms with Gasteiger partial charge in [-0.15, -0.1) is 0 Å². The van der Waals surface area contributed by atoms with E-state index in [4.69, 9.17) is 4.42 Å². The van der Waals surface area contributed by atoms with Crippen molar-refractivity contribution in [3.63, 3.8) is 0 Å². The Morgan fingerprint density at radius 2 is 2.03 bits per heavy atom. The number of amides is 1. The molecule has 0 atom stereocenters. The zero-order valence-corrected chi connectivity index (χ0v) is 17.9. The number of carbonyl (C=O) groups is 1. The van der Waals surface area contributed by atoms with Crippen molar-refractivity contribution in [3.05, 3.63) is 65.0 Å². The number of nitrogens with zero attached hydrogens (tertiary/aromatic N) is 3. The first-order chi connectivity index (χ1) is 15.7. The number of benzene rings is 1. The molecule has 0 saturated heterocycles. The molecule has 0 spiro atoms. The van der Waals surface area contributed by atoms with Gasteiger partial charge in [0, 0.05) is 35.4 Å². The van der Waals surface area contributed by atoms with Crippen LogP contribution in [-0.2, 0) is 17.9 Å². The Morgan fingerprint density at radius 3 is 2.84 bits per heavy atom. The normalized spacial score (nSPS) is 14.7. The van der Waals surface area contributed by atoms with Crippen molar-refractivity contribution < 1.29 is 9.21 Å². The molecule has 5 rings (SSSR count). The molecule has 4 aromatic rings. The van der Waals surface area contributed by atoms with Crippen LogP contribution in [0.1, 0.15) is 31.4 Å². The Hall–Kier alpha value is -3.39. The van der Waals surface area contributed by atoms with E-state index >= 15 is 0 Å². The van der Waals surface area contributed by atoms with E-state index in [2.05, 4.69) is 20.3 Å². The predicted molar refractivity (Wildman–Crippen MR) is 122 cm³/mol. The smallest absolute Gasteiger partial charge is 0.291 e. The number of para-hydroxylation sites is 1. The van der Waals surface area contributed by atoms with E-state index in [1.165, 1.54) is 30.4 Å². The number of H-pyrrole nitrogens is 1. The minimum Gasteiger partial charge on any atom is -0.468 e. The van der Waals surface area contributed by atoms with Gasteiger partial charge in [-0.2, -0.15) is 5.10 Å². The molecular formula is C24H27N5O3. The highest BCUT2D eigenvalue weighted by molar-refractivity contribution is 6.06. The molecule has 2 N–H and O–H groups in total. The molecule has 1 aliphatic carbocycles. The van der Waals surface area contributed by atoms with Crippen molar-refractivity contribution in [2.75, 3.05) is 13.1 Å². The molecule has 166 valence electrons. The molecule has 0 aliphatic heterocycles. The number of rotatable bonds is 8. The van der Waals surface area contributed by atoms with Crippen molar-refractivity contribution in [1.29, 1.82) is 0 Å². The van der Waals surface area contributed by atoms with Gasteiger partial charge < -0.3 is 14.7 Å². The molecule has 1 fully saturated rings. The number of fused-ring (bicyclic) bond motifs is 3. The van der Waals surface area contributed by atoms with E-state index in [0.29, 0.717) is 18.1 Å². The monoisotopic (exact) mass is 433 g/mol. The summed E-state index contributed by atoms with van der Waals surface area (Å²) in [7, 11) is 0. The fourth-order valence-corrected chi connectivity index (χ4v) is 4.68. The van der Waals surface area contributed by atoms with E-state index in [1.54, 1.807) is 12.5 Å². The van der Waals surface area contributed by atoms with Gasteiger partial charge in [0.25, 0.3) is 5.56 Å². The molecule has 8 nitrogen and oxygen atoms in total. The van der Waals surface area contributed by atoms with Gasteiger partial charge in [-0.05, 0) is 31.0 Å². The van der Waals surface area contributed by atoms with Gasteiger partial charge in [0.15, 0.2) is 0 Å². The Balaban J connectivity index is 1.22. The average Bonchev–Trinajstić information content (AvgIpc) is 3.56. The van der Waals surface area contributed by atoms with E-state index in [-0.39, 0.29) is 18.0 Å². The summed E-state index contributed by atoms with van der Waals surface area (Å²) >= 11 is 0. The molecule has 8 heteroatoms. The van der Waals surface area contributed by atoms with E-state index in [9.17, 15) is 9.59 Å². The van der Waals surface area contributed by atoms with Crippen molar-refractivity contribution in [1.82, 2.24) is 25.0 Å². The van der Waals surface area contributed by atoms with E-state index in [1.807, 2.05) is 36.4 Å². The van der Waals surface area contributed by atoms with Crippen LogP contribution in [0.4, 0.5) is 0 Å². The third kappa shape index (κ3) is 4.18. The molecule has 0 radical (unpaired) electrons. The lowest BCUT2D eigenvalue weighted by Crippen LogP contribution is -2.41. The number of aromatic amines is 1. The maximum atomic E-state index is 12.8. The summed E-state index contributed by atoms with van der Waals surface area (Å²) in [5.41, 5.74) is 1.06. The van der Waals surface area contributed by atoms with Crippen LogP contribution in [0.15, 0.2) is 58.1 Å². The second-order valence-electron chi connectivity index (χ2n) is 8.40. The summed E-state index contributed by atoms with van der Waals surface area (Å²) in [5, 5.41) is 8.89. The molecule has 0 bridgehead atoms. The molecule has 32 heavy (non-hydrogen) atoms. The number of nitrogens with one attached hydrogen (secondary N) is 2. The Kier molecular flexibility index (Phi) is 5.77. The van der Waals surface area contributed by atoms with Gasteiger partial charge in [-0.3, -0.25) is 14.5 Å². The van der Waals surface area contributed by atoms with Crippen molar-refractivity contribution in [3.8, 4) is 0 Å². The highest BCUT2D eigenvalue weighted by Gasteiger charge is 2.23. The van der Waals surface area contributed by atoms with Crippen LogP contribution in [0.2, 0.25) is 0 Å². The second kappa shape index (κ2) is 9.00. The van der Waals surface area contributed by atoms with Gasteiger partial charge in [-0.1, -0.05) is 31.0 Å². The molecule has 3 heterocycles. The topological polar surface area (TPSA) is 96.2 Å². The average molecular weight is 434 g/mol. The first kappa shape index (κ1) is 20.5. The predicted octanol–water partition coefficient (Wildman–Crippen LogP) is 3.03. The van der Waals surface area contributed by atoms with Crippen LogP contribution < -0.4 is 10.9 Å². The number of furan rings is 1. The van der Waals surface area contributed by atoms with Crippen LogP contribution in [0, 0.1) is 0 Å². The lowest BCUT2D eigenvalue weighted by Gasteiger charge is -2.28. The molecule has 1 amide bonds. The van der Waals surface area contributed by atoms with Crippen LogP contribution in [0.3, 0.4) is 0 Å². The van der Waals surface area contributed by atoms with Crippen LogP contribution in [-0.4, -0.2) is 44.7 Å². The third-order valence-corrected chi connectivity index (χ3v) is 6.32. The summed E-state index contributed by atoms with van der Waals surface area (Å²) < 4.78 is 6.73. The standard InChI is InChI=1S/C24H27N5O3/c30-22(25-11-12-28(17-6-1-2-7-17)15-18-8-5-13-32-18)16-29-24(31)23-20(14-26-29)19-9-3-4-10-21(19)27-23/h3-5,8-10,13-14,17,27H,1-2,6-7,11-12,15-16H2,(H,25,30). The Bertz CT molecular complexity index is 1270. The molecule has 1 aliphatic rings. The number of hydrogen-bond donors (Lipinski definition) is 2. The van der Waals surface area contributed by atoms with Crippen LogP contribution in [0.5, 0.6) is 0 Å². The van der Waals surface area contributed by atoms with Gasteiger partial charge in [0.2, 0.25) is 5.91 Å². The van der Waals surface area contributed by atoms with E-state index < -0.39 is 0 Å². The maximum Gasteiger partial charge on any atom is 0.291 e. The lowest BCUT2D eigenvalue weighted by atomic mass is 10.2. The first-order valence-corrected chi connectivity index (χ1v) is 11.2. The van der Waals surface area contributed by atoms with Crippen molar-refractivity contribution >= 4 is 27.7 Å². The van der Waals surface area contributed by atoms with Gasteiger partial charge in [-0.25, -0.2) is 4.68 Å². The fourth-order valence-electron chi connectivity index (χ4n) is 4.68. The summed E-state index contributed by atoms with van der Waals surface area (Å²) in [6.07, 6.45) is 8.19. The first-order valence-electron chi connectivity index (χ1n) is 11.2. The fraction of sp³-hybridized carbons (Fsp3) is 0.375. The lowest BCUT2D eigenvalue weighted by molar-refractivity contribution is -0.122. The summed E-state index contributed by atoms with van der Waals surface area (Å²) in [4.78, 5) is 30.9. The number of hydrogen-bond acceptors (Lipinski definition) is 5. The molecule has 0 unspecified atom stereocenters. The molecule has 1 saturated carbocycles. The molecular weight excluding hydrogens is 406 g/mol.